The molecule has 3 aromatic rings. The first kappa shape index (κ1) is 20.2. The van der Waals surface area contributed by atoms with E-state index in [1.54, 1.807) is 17.1 Å². The number of hydrogen-bond acceptors (Lipinski definition) is 5. The highest BCUT2D eigenvalue weighted by Gasteiger charge is 2.40. The van der Waals surface area contributed by atoms with Crippen LogP contribution < -0.4 is 5.32 Å². The molecule has 4 rings (SSSR count). The number of nitrogens with zero attached hydrogens (tertiary/aromatic N) is 5. The Labute approximate surface area is 178 Å². The monoisotopic (exact) mass is 424 g/mol. The molecule has 0 spiro atoms. The van der Waals surface area contributed by atoms with Crippen LogP contribution >= 0.6 is 12.3 Å². The highest BCUT2D eigenvalue weighted by molar-refractivity contribution is 7.92. The van der Waals surface area contributed by atoms with Crippen molar-refractivity contribution in [1.29, 1.82) is 5.26 Å². The van der Waals surface area contributed by atoms with E-state index in [2.05, 4.69) is 21.6 Å². The second kappa shape index (κ2) is 7.95. The van der Waals surface area contributed by atoms with Crippen molar-refractivity contribution in [2.45, 2.75) is 33.2 Å². The molecule has 0 saturated heterocycles. The fourth-order valence-electron chi connectivity index (χ4n) is 3.82. The zero-order chi connectivity index (χ0) is 21.3. The van der Waals surface area contributed by atoms with Crippen LogP contribution in [-0.2, 0) is 19.4 Å². The van der Waals surface area contributed by atoms with Gasteiger partial charge >= 0.3 is 0 Å². The minimum absolute atomic E-state index is 0.0309. The highest BCUT2D eigenvalue weighted by atomic mass is 32.2. The number of carbonyl (C=O) groups excluding carboxylic acids is 1. The number of carbonyl (C=O) groups is 1. The van der Waals surface area contributed by atoms with Crippen LogP contribution in [0.2, 0.25) is 0 Å². The molecule has 1 aliphatic rings. The second-order valence-electron chi connectivity index (χ2n) is 8.13. The van der Waals surface area contributed by atoms with Crippen molar-refractivity contribution in [2.24, 2.45) is 11.3 Å². The molecule has 1 atom stereocenters. The van der Waals surface area contributed by atoms with Crippen LogP contribution in [0, 0.1) is 22.7 Å². The number of benzene rings is 1. The molecule has 7 nitrogen and oxygen atoms in total. The van der Waals surface area contributed by atoms with Gasteiger partial charge in [-0.2, -0.15) is 19.5 Å². The predicted octanol–water partition coefficient (Wildman–Crippen LogP) is 4.03. The maximum Gasteiger partial charge on any atom is 0.276 e. The van der Waals surface area contributed by atoms with E-state index in [-0.39, 0.29) is 29.4 Å². The van der Waals surface area contributed by atoms with E-state index in [1.165, 1.54) is 0 Å². The largest absolute Gasteiger partial charge is 0.318 e. The van der Waals surface area contributed by atoms with Crippen LogP contribution in [0.4, 0.5) is 9.57 Å². The molecule has 0 bridgehead atoms. The summed E-state index contributed by atoms with van der Waals surface area (Å²) in [5.41, 5.74) is 2.75. The third kappa shape index (κ3) is 3.83. The normalized spacial score (nSPS) is 17.2. The van der Waals surface area contributed by atoms with Gasteiger partial charge in [-0.3, -0.25) is 9.48 Å². The average Bonchev–Trinajstić information content (AvgIpc) is 3.30. The van der Waals surface area contributed by atoms with Crippen molar-refractivity contribution in [3.63, 3.8) is 0 Å². The fraction of sp³-hybridized carbons (Fsp3) is 0.333. The molecule has 0 radical (unpaired) electrons. The van der Waals surface area contributed by atoms with E-state index in [4.69, 9.17) is 0 Å². The lowest BCUT2D eigenvalue weighted by Gasteiger charge is -2.34. The van der Waals surface area contributed by atoms with Crippen LogP contribution in [0.5, 0.6) is 0 Å². The van der Waals surface area contributed by atoms with Gasteiger partial charge in [0.25, 0.3) is 5.91 Å². The van der Waals surface area contributed by atoms with Crippen molar-refractivity contribution in [3.05, 3.63) is 65.2 Å². The molecule has 1 amide bonds. The molecule has 1 N–H and O–H groups in total. The Bertz CT molecular complexity index is 1110. The Morgan fingerprint density at radius 1 is 1.40 bits per heavy atom. The summed E-state index contributed by atoms with van der Waals surface area (Å²) in [7, 11) is 0. The van der Waals surface area contributed by atoms with Crippen molar-refractivity contribution >= 4 is 23.9 Å². The number of aromatic nitrogens is 4. The van der Waals surface area contributed by atoms with E-state index in [1.807, 2.05) is 44.2 Å². The van der Waals surface area contributed by atoms with Gasteiger partial charge in [0.15, 0.2) is 18.0 Å². The number of halogens is 1. The minimum atomic E-state index is -0.435. The van der Waals surface area contributed by atoms with Crippen LogP contribution in [0.15, 0.2) is 42.7 Å². The Morgan fingerprint density at radius 3 is 2.87 bits per heavy atom. The lowest BCUT2D eigenvalue weighted by atomic mass is 9.68. The third-order valence-electron chi connectivity index (χ3n) is 5.55. The van der Waals surface area contributed by atoms with Gasteiger partial charge in [-0.15, -0.1) is 3.89 Å². The lowest BCUT2D eigenvalue weighted by molar-refractivity contribution is 0.102. The van der Waals surface area contributed by atoms with Crippen molar-refractivity contribution in [3.8, 4) is 6.07 Å². The Hall–Kier alpha value is -3.12. The van der Waals surface area contributed by atoms with E-state index >= 15 is 0 Å². The molecule has 9 heteroatoms. The molecule has 2 heterocycles. The van der Waals surface area contributed by atoms with Gasteiger partial charge in [-0.25, -0.2) is 0 Å². The highest BCUT2D eigenvalue weighted by Crippen LogP contribution is 2.41. The van der Waals surface area contributed by atoms with Crippen LogP contribution in [0.25, 0.3) is 0 Å². The van der Waals surface area contributed by atoms with E-state index in [0.717, 1.165) is 9.65 Å². The summed E-state index contributed by atoms with van der Waals surface area (Å²) in [5, 5.41) is 20.8. The van der Waals surface area contributed by atoms with E-state index < -0.39 is 5.91 Å². The first-order valence-corrected chi connectivity index (χ1v) is 10.3. The molecular formula is C21H21FN6OS. The molecule has 2 aromatic heterocycles. The molecule has 154 valence electrons. The van der Waals surface area contributed by atoms with Gasteiger partial charge in [-0.1, -0.05) is 44.2 Å². The van der Waals surface area contributed by atoms with E-state index in [9.17, 15) is 13.9 Å². The molecule has 0 saturated carbocycles. The standard InChI is InChI=1S/C21H21FN6OS/c1-21(2)9-18-17(8-15(21)10-23)19(26-28(18)30-22)20(29)25-16-11-24-27(13-16)12-14-6-4-3-5-7-14/h3-7,11,13,15H,8-9,12H2,1-2H3,(H,25,29). The molecule has 1 aromatic carbocycles. The first-order chi connectivity index (χ1) is 14.4. The number of nitriles is 1. The summed E-state index contributed by atoms with van der Waals surface area (Å²) < 4.78 is 16.3. The van der Waals surface area contributed by atoms with Crippen molar-refractivity contribution in [2.75, 3.05) is 5.32 Å². The quantitative estimate of drug-likeness (QED) is 0.668. The topological polar surface area (TPSA) is 88.5 Å². The second-order valence-corrected chi connectivity index (χ2v) is 8.62. The van der Waals surface area contributed by atoms with Crippen LogP contribution in [0.3, 0.4) is 0 Å². The number of hydrogen-bond donors (Lipinski definition) is 1. The maximum absolute atomic E-state index is 13.5. The summed E-state index contributed by atoms with van der Waals surface area (Å²) in [6.45, 7) is 4.54. The van der Waals surface area contributed by atoms with Gasteiger partial charge in [0.1, 0.15) is 0 Å². The van der Waals surface area contributed by atoms with Crippen molar-refractivity contribution in [1.82, 2.24) is 19.0 Å². The van der Waals surface area contributed by atoms with Gasteiger partial charge < -0.3 is 5.32 Å². The van der Waals surface area contributed by atoms with Gasteiger partial charge in [0.05, 0.1) is 36.1 Å². The van der Waals surface area contributed by atoms with Crippen molar-refractivity contribution < 1.29 is 8.68 Å². The molecule has 0 aliphatic heterocycles. The van der Waals surface area contributed by atoms with Gasteiger partial charge in [0.2, 0.25) is 0 Å². The SMILES string of the molecule is CC1(C)Cc2c(c(C(=O)Nc3cnn(Cc4ccccc4)c3)nn2SF)CC1C#N. The number of fused-ring (bicyclic) bond motifs is 1. The first-order valence-electron chi connectivity index (χ1n) is 9.58. The number of nitrogens with one attached hydrogen (secondary N) is 1. The zero-order valence-electron chi connectivity index (χ0n) is 16.7. The third-order valence-corrected chi connectivity index (χ3v) is 5.98. The van der Waals surface area contributed by atoms with Gasteiger partial charge in [-0.05, 0) is 23.8 Å². The Kier molecular flexibility index (Phi) is 5.35. The van der Waals surface area contributed by atoms with Crippen LogP contribution in [-0.4, -0.2) is 24.9 Å². The fourth-order valence-corrected chi connectivity index (χ4v) is 4.19. The van der Waals surface area contributed by atoms with E-state index in [0.29, 0.717) is 36.3 Å². The molecule has 30 heavy (non-hydrogen) atoms. The number of anilines is 1. The average molecular weight is 425 g/mol. The molecule has 1 unspecified atom stereocenters. The van der Waals surface area contributed by atoms with Gasteiger partial charge in [0, 0.05) is 11.8 Å². The summed E-state index contributed by atoms with van der Waals surface area (Å²) >= 11 is -0.0309. The molecule has 0 fully saturated rings. The maximum atomic E-state index is 13.5. The number of amides is 1. The Morgan fingerprint density at radius 2 is 2.17 bits per heavy atom. The van der Waals surface area contributed by atoms with Crippen LogP contribution in [0.1, 0.15) is 41.2 Å². The summed E-state index contributed by atoms with van der Waals surface area (Å²) in [6, 6.07) is 12.2. The lowest BCUT2D eigenvalue weighted by Crippen LogP contribution is -2.33. The predicted molar refractivity (Wildman–Crippen MR) is 112 cm³/mol. The summed E-state index contributed by atoms with van der Waals surface area (Å²) in [6.07, 6.45) is 4.15. The smallest absolute Gasteiger partial charge is 0.276 e. The molecule has 1 aliphatic carbocycles. The number of rotatable bonds is 5. The minimum Gasteiger partial charge on any atom is -0.318 e. The summed E-state index contributed by atoms with van der Waals surface area (Å²) in [5.74, 6) is -0.706. The molecular weight excluding hydrogens is 403 g/mol. The summed E-state index contributed by atoms with van der Waals surface area (Å²) in [4.78, 5) is 12.9. The Balaban J connectivity index is 1.55. The zero-order valence-corrected chi connectivity index (χ0v) is 17.5.